The number of nitrogens with zero attached hydrogens (tertiary/aromatic N) is 5. The number of nitrogens with one attached hydrogen (secondary N) is 2. The van der Waals surface area contributed by atoms with E-state index in [1.807, 2.05) is 25.5 Å². The minimum absolute atomic E-state index is 0. The first kappa shape index (κ1) is 20.1. The molecular weight excluding hydrogens is 449 g/mol. The Morgan fingerprint density at radius 3 is 2.80 bits per heavy atom. The molecule has 1 unspecified atom stereocenters. The van der Waals surface area contributed by atoms with E-state index < -0.39 is 0 Å². The summed E-state index contributed by atoms with van der Waals surface area (Å²) >= 11 is 1.72. The largest absolute Gasteiger partial charge is 0.357 e. The number of hydrogen-bond donors (Lipinski definition) is 2. The molecule has 0 saturated heterocycles. The summed E-state index contributed by atoms with van der Waals surface area (Å²) in [4.78, 5) is 14.9. The first-order valence-corrected chi connectivity index (χ1v) is 9.25. The molecular formula is C16H26IN7S. The molecule has 1 atom stereocenters. The van der Waals surface area contributed by atoms with Gasteiger partial charge in [0.1, 0.15) is 11.6 Å². The fourth-order valence-corrected chi connectivity index (χ4v) is 3.80. The number of aliphatic imine (C=N–C) groups is 1. The Morgan fingerprint density at radius 1 is 1.32 bits per heavy atom. The second-order valence-electron chi connectivity index (χ2n) is 6.07. The highest BCUT2D eigenvalue weighted by Crippen LogP contribution is 2.18. The number of thiazole rings is 1. The molecule has 0 bridgehead atoms. The van der Waals surface area contributed by atoms with Crippen LogP contribution in [0, 0.1) is 20.8 Å². The van der Waals surface area contributed by atoms with Crippen molar-refractivity contribution < 1.29 is 0 Å². The maximum absolute atomic E-state index is 4.73. The number of hydrogen-bond acceptors (Lipinski definition) is 5. The third-order valence-corrected chi connectivity index (χ3v) is 5.09. The lowest BCUT2D eigenvalue weighted by molar-refractivity contribution is 0.392. The van der Waals surface area contributed by atoms with Gasteiger partial charge in [0.05, 0.1) is 23.8 Å². The Labute approximate surface area is 169 Å². The van der Waals surface area contributed by atoms with Gasteiger partial charge in [0, 0.05) is 23.9 Å². The molecule has 1 aliphatic rings. The van der Waals surface area contributed by atoms with E-state index in [9.17, 15) is 0 Å². The minimum Gasteiger partial charge on any atom is -0.357 e. The molecule has 0 radical (unpaired) electrons. The molecule has 9 heteroatoms. The Morgan fingerprint density at radius 2 is 2.12 bits per heavy atom. The van der Waals surface area contributed by atoms with Gasteiger partial charge >= 0.3 is 0 Å². The average molecular weight is 475 g/mol. The fraction of sp³-hybridized carbons (Fsp3) is 0.625. The van der Waals surface area contributed by atoms with Crippen molar-refractivity contribution in [3.05, 3.63) is 27.2 Å². The zero-order valence-electron chi connectivity index (χ0n) is 15.2. The third-order valence-electron chi connectivity index (χ3n) is 4.03. The smallest absolute Gasteiger partial charge is 0.191 e. The normalized spacial score (nSPS) is 17.0. The summed E-state index contributed by atoms with van der Waals surface area (Å²) in [6, 6.07) is 0.320. The van der Waals surface area contributed by atoms with Crippen molar-refractivity contribution in [2.75, 3.05) is 6.54 Å². The molecule has 1 aliphatic heterocycles. The van der Waals surface area contributed by atoms with Crippen LogP contribution in [0.1, 0.15) is 40.6 Å². The Bertz CT molecular complexity index is 737. The maximum Gasteiger partial charge on any atom is 0.191 e. The summed E-state index contributed by atoms with van der Waals surface area (Å²) in [6.45, 7) is 10.4. The summed E-state index contributed by atoms with van der Waals surface area (Å²) in [7, 11) is 0. The van der Waals surface area contributed by atoms with E-state index in [-0.39, 0.29) is 24.0 Å². The van der Waals surface area contributed by atoms with Crippen LogP contribution in [0.15, 0.2) is 4.99 Å². The van der Waals surface area contributed by atoms with E-state index in [2.05, 4.69) is 32.6 Å². The van der Waals surface area contributed by atoms with Gasteiger partial charge in [-0.3, -0.25) is 0 Å². The molecule has 0 aromatic carbocycles. The number of guanidine groups is 1. The van der Waals surface area contributed by atoms with Crippen LogP contribution < -0.4 is 10.6 Å². The molecule has 3 rings (SSSR count). The van der Waals surface area contributed by atoms with Gasteiger partial charge in [0.25, 0.3) is 0 Å². The SMILES string of the molecule is CCNC(=NCc1sc(C)nc1C)NC1CCc2nc(C)nn2C1.I. The molecule has 0 spiro atoms. The number of halogens is 1. The van der Waals surface area contributed by atoms with Gasteiger partial charge in [-0.05, 0) is 34.1 Å². The van der Waals surface area contributed by atoms with Crippen LogP contribution in [0.3, 0.4) is 0 Å². The summed E-state index contributed by atoms with van der Waals surface area (Å²) in [6.07, 6.45) is 1.99. The third kappa shape index (κ3) is 5.13. The highest BCUT2D eigenvalue weighted by molar-refractivity contribution is 14.0. The molecule has 2 aromatic rings. The standard InChI is InChI=1S/C16H25N7S.HI/c1-5-17-16(18-8-14-10(2)19-12(4)24-14)21-13-6-7-15-20-11(3)22-23(15)9-13;/h13H,5-9H2,1-4H3,(H2,17,18,21);1H. The highest BCUT2D eigenvalue weighted by atomic mass is 127. The van der Waals surface area contributed by atoms with Crippen molar-refractivity contribution in [1.82, 2.24) is 30.4 Å². The predicted octanol–water partition coefficient (Wildman–Crippen LogP) is 2.35. The number of aromatic nitrogens is 4. The van der Waals surface area contributed by atoms with Crippen molar-refractivity contribution >= 4 is 41.3 Å². The van der Waals surface area contributed by atoms with Crippen LogP contribution in [0.2, 0.25) is 0 Å². The van der Waals surface area contributed by atoms with Crippen LogP contribution in [0.25, 0.3) is 0 Å². The Balaban J connectivity index is 0.00000225. The Hall–Kier alpha value is -1.23. The van der Waals surface area contributed by atoms with Gasteiger partial charge in [0.2, 0.25) is 0 Å². The number of fused-ring (bicyclic) bond motifs is 1. The molecule has 3 heterocycles. The zero-order valence-corrected chi connectivity index (χ0v) is 18.3. The molecule has 0 amide bonds. The van der Waals surface area contributed by atoms with E-state index in [1.165, 1.54) is 4.88 Å². The molecule has 138 valence electrons. The first-order valence-electron chi connectivity index (χ1n) is 8.43. The van der Waals surface area contributed by atoms with E-state index in [0.717, 1.165) is 54.2 Å². The van der Waals surface area contributed by atoms with Crippen LogP contribution in [0.4, 0.5) is 0 Å². The van der Waals surface area contributed by atoms with Gasteiger partial charge in [-0.1, -0.05) is 0 Å². The number of rotatable bonds is 4. The lowest BCUT2D eigenvalue weighted by Gasteiger charge is -2.25. The van der Waals surface area contributed by atoms with Gasteiger partial charge in [-0.2, -0.15) is 5.10 Å². The van der Waals surface area contributed by atoms with Gasteiger partial charge in [0.15, 0.2) is 5.96 Å². The molecule has 0 saturated carbocycles. The lowest BCUT2D eigenvalue weighted by atomic mass is 10.1. The number of aryl methyl sites for hydroxylation is 4. The van der Waals surface area contributed by atoms with Crippen LogP contribution >= 0.6 is 35.3 Å². The van der Waals surface area contributed by atoms with Crippen molar-refractivity contribution in [3.63, 3.8) is 0 Å². The molecule has 0 aliphatic carbocycles. The molecule has 2 N–H and O–H groups in total. The average Bonchev–Trinajstić information content (AvgIpc) is 3.05. The minimum atomic E-state index is 0. The maximum atomic E-state index is 4.73. The van der Waals surface area contributed by atoms with Crippen molar-refractivity contribution in [2.45, 2.75) is 59.7 Å². The Kier molecular flexibility index (Phi) is 7.17. The molecule has 25 heavy (non-hydrogen) atoms. The second kappa shape index (κ2) is 8.93. The van der Waals surface area contributed by atoms with E-state index in [1.54, 1.807) is 11.3 Å². The topological polar surface area (TPSA) is 80.0 Å². The van der Waals surface area contributed by atoms with E-state index in [4.69, 9.17) is 4.99 Å². The van der Waals surface area contributed by atoms with Crippen LogP contribution in [0.5, 0.6) is 0 Å². The second-order valence-corrected chi connectivity index (χ2v) is 7.36. The quantitative estimate of drug-likeness (QED) is 0.403. The molecule has 0 fully saturated rings. The van der Waals surface area contributed by atoms with Gasteiger partial charge in [-0.25, -0.2) is 19.6 Å². The lowest BCUT2D eigenvalue weighted by Crippen LogP contribution is -2.47. The fourth-order valence-electron chi connectivity index (χ4n) is 2.94. The van der Waals surface area contributed by atoms with Crippen molar-refractivity contribution in [3.8, 4) is 0 Å². The summed E-state index contributed by atoms with van der Waals surface area (Å²) < 4.78 is 2.01. The van der Waals surface area contributed by atoms with Gasteiger partial charge in [-0.15, -0.1) is 35.3 Å². The van der Waals surface area contributed by atoms with Crippen molar-refractivity contribution in [1.29, 1.82) is 0 Å². The van der Waals surface area contributed by atoms with Crippen LogP contribution in [-0.4, -0.2) is 38.3 Å². The monoisotopic (exact) mass is 475 g/mol. The zero-order chi connectivity index (χ0) is 17.1. The van der Waals surface area contributed by atoms with Crippen molar-refractivity contribution in [2.24, 2.45) is 4.99 Å². The predicted molar refractivity (Wildman–Crippen MR) is 112 cm³/mol. The first-order chi connectivity index (χ1) is 11.5. The highest BCUT2D eigenvalue weighted by Gasteiger charge is 2.21. The van der Waals surface area contributed by atoms with Crippen LogP contribution in [-0.2, 0) is 19.5 Å². The summed E-state index contributed by atoms with van der Waals surface area (Å²) in [5.74, 6) is 2.79. The molecule has 7 nitrogen and oxygen atoms in total. The summed E-state index contributed by atoms with van der Waals surface area (Å²) in [5, 5.41) is 12.4. The van der Waals surface area contributed by atoms with Gasteiger partial charge < -0.3 is 10.6 Å². The summed E-state index contributed by atoms with van der Waals surface area (Å²) in [5.41, 5.74) is 1.08. The molecule has 2 aromatic heterocycles. The van der Waals surface area contributed by atoms with E-state index >= 15 is 0 Å². The van der Waals surface area contributed by atoms with E-state index in [0.29, 0.717) is 12.6 Å².